The van der Waals surface area contributed by atoms with E-state index in [2.05, 4.69) is 33.5 Å². The van der Waals surface area contributed by atoms with Crippen LogP contribution in [0.1, 0.15) is 83.6 Å². The number of ketones is 1. The summed E-state index contributed by atoms with van der Waals surface area (Å²) in [5, 5.41) is 15.7. The molecule has 14 heteroatoms. The number of hydrogen-bond acceptors (Lipinski definition) is 7. The Hall–Kier alpha value is -0.190. The van der Waals surface area contributed by atoms with Gasteiger partial charge in [-0.1, -0.05) is 51.0 Å². The van der Waals surface area contributed by atoms with Crippen LogP contribution in [-0.2, 0) is 39.9 Å². The maximum absolute atomic E-state index is 12.1. The SMILES string of the molecule is CCCC(CCCCNC(=O)CCCOCC[N-]C(=O)CC(=O)[N-]c1ccc(CC(=O)NCCC(=O)NC)cc1)C(=O)CC.[Rb+].[Rb+]. The quantitative estimate of drug-likeness (QED) is 0.0787. The van der Waals surface area contributed by atoms with E-state index < -0.39 is 18.2 Å². The fourth-order valence-electron chi connectivity index (χ4n) is 4.35. The first-order valence-corrected chi connectivity index (χ1v) is 15.6. The molecule has 0 saturated heterocycles. The van der Waals surface area contributed by atoms with Crippen molar-refractivity contribution in [2.75, 3.05) is 39.9 Å². The third-order valence-electron chi connectivity index (χ3n) is 6.77. The molecule has 1 unspecified atom stereocenters. The van der Waals surface area contributed by atoms with Gasteiger partial charge < -0.3 is 40.9 Å². The van der Waals surface area contributed by atoms with Gasteiger partial charge in [-0.05, 0) is 31.2 Å². The summed E-state index contributed by atoms with van der Waals surface area (Å²) in [6, 6.07) is 6.50. The molecule has 0 aliphatic heterocycles. The summed E-state index contributed by atoms with van der Waals surface area (Å²) in [6.45, 7) is 5.50. The smallest absolute Gasteiger partial charge is 0.651 e. The number of carbonyl (C=O) groups is 6. The van der Waals surface area contributed by atoms with Crippen LogP contribution in [0.3, 0.4) is 0 Å². The Balaban J connectivity index is 0. The van der Waals surface area contributed by atoms with Gasteiger partial charge in [0, 0.05) is 65.0 Å². The van der Waals surface area contributed by atoms with Crippen LogP contribution < -0.4 is 132 Å². The Kier molecular flexibility index (Phi) is 32.1. The minimum atomic E-state index is -0.624. The zero-order chi connectivity index (χ0) is 32.6. The minimum absolute atomic E-state index is 0. The maximum atomic E-state index is 12.1. The number of Topliss-reactive ketones (excluding diaryl/α,β-unsaturated/α-hetero) is 1. The van der Waals surface area contributed by atoms with Crippen LogP contribution in [0.15, 0.2) is 24.3 Å². The van der Waals surface area contributed by atoms with Crippen LogP contribution in [0, 0.1) is 5.92 Å². The summed E-state index contributed by atoms with van der Waals surface area (Å²) in [5.41, 5.74) is 1.08. The minimum Gasteiger partial charge on any atom is -0.651 e. The Morgan fingerprint density at radius 3 is 2.13 bits per heavy atom. The molecule has 246 valence electrons. The fourth-order valence-corrected chi connectivity index (χ4v) is 4.35. The van der Waals surface area contributed by atoms with Crippen LogP contribution in [0.25, 0.3) is 10.6 Å². The van der Waals surface area contributed by atoms with E-state index in [4.69, 9.17) is 4.74 Å². The largest absolute Gasteiger partial charge is 1.00 e. The standard InChI is InChI=1S/C32H51N5O7.2Rb/c1-4-9-25(27(38)5-2)10-6-7-17-34-29(40)11-8-20-44-21-19-36-31(42)23-32(43)37-26-14-12-24(13-15-26)22-30(41)35-18-16-28(39)33-3;;/h12-15,25H,4-11,16-23H2,1-3H3,(H5,33,34,35,36,37,39,40,41,42,43);;/q;2*+1/p-2. The monoisotopic (exact) mass is 785 g/mol. The zero-order valence-corrected chi connectivity index (χ0v) is 38.3. The molecule has 0 spiro atoms. The summed E-state index contributed by atoms with van der Waals surface area (Å²) in [4.78, 5) is 71.2. The van der Waals surface area contributed by atoms with Crippen molar-refractivity contribution in [2.45, 2.75) is 84.5 Å². The molecule has 3 N–H and O–H groups in total. The van der Waals surface area contributed by atoms with Crippen molar-refractivity contribution in [3.05, 3.63) is 40.5 Å². The van der Waals surface area contributed by atoms with E-state index in [0.29, 0.717) is 49.4 Å². The van der Waals surface area contributed by atoms with Gasteiger partial charge in [0.05, 0.1) is 18.2 Å². The van der Waals surface area contributed by atoms with Gasteiger partial charge >= 0.3 is 116 Å². The van der Waals surface area contributed by atoms with Crippen molar-refractivity contribution in [2.24, 2.45) is 5.92 Å². The van der Waals surface area contributed by atoms with Crippen molar-refractivity contribution in [3.8, 4) is 0 Å². The molecule has 1 aromatic rings. The fraction of sp³-hybridized carbons (Fsp3) is 0.625. The van der Waals surface area contributed by atoms with E-state index in [1.165, 1.54) is 7.05 Å². The third kappa shape index (κ3) is 24.9. The Bertz CT molecular complexity index is 1060. The van der Waals surface area contributed by atoms with Crippen molar-refractivity contribution < 1.29 is 150 Å². The number of amides is 5. The van der Waals surface area contributed by atoms with Crippen LogP contribution in [0.4, 0.5) is 5.69 Å². The van der Waals surface area contributed by atoms with E-state index >= 15 is 0 Å². The Morgan fingerprint density at radius 2 is 1.48 bits per heavy atom. The molecule has 0 saturated carbocycles. The number of benzene rings is 1. The molecule has 12 nitrogen and oxygen atoms in total. The predicted octanol–water partition coefficient (Wildman–Crippen LogP) is -2.21. The van der Waals surface area contributed by atoms with Crippen molar-refractivity contribution in [1.29, 1.82) is 0 Å². The average Bonchev–Trinajstić information content (AvgIpc) is 3.00. The van der Waals surface area contributed by atoms with Gasteiger partial charge in [-0.3, -0.25) is 19.2 Å². The number of hydrogen-bond donors (Lipinski definition) is 3. The maximum Gasteiger partial charge on any atom is 1.00 e. The molecule has 0 aromatic heterocycles. The van der Waals surface area contributed by atoms with Crippen molar-refractivity contribution >= 4 is 41.0 Å². The first-order valence-electron chi connectivity index (χ1n) is 15.6. The van der Waals surface area contributed by atoms with E-state index in [0.717, 1.165) is 32.1 Å². The van der Waals surface area contributed by atoms with E-state index in [9.17, 15) is 28.8 Å². The summed E-state index contributed by atoms with van der Waals surface area (Å²) >= 11 is 0. The number of rotatable bonds is 24. The molecule has 1 atom stereocenters. The van der Waals surface area contributed by atoms with Gasteiger partial charge in [-0.25, -0.2) is 0 Å². The molecular formula is C32H49N5O7Rb2. The molecule has 0 bridgehead atoms. The van der Waals surface area contributed by atoms with Crippen LogP contribution >= 0.6 is 0 Å². The van der Waals surface area contributed by atoms with E-state index in [1.54, 1.807) is 24.3 Å². The van der Waals surface area contributed by atoms with Crippen LogP contribution in [-0.4, -0.2) is 75.2 Å². The van der Waals surface area contributed by atoms with Gasteiger partial charge in [0.2, 0.25) is 17.7 Å². The summed E-state index contributed by atoms with van der Waals surface area (Å²) < 4.78 is 5.42. The molecule has 0 aliphatic carbocycles. The average molecular weight is 787 g/mol. The van der Waals surface area contributed by atoms with Gasteiger partial charge in [-0.2, -0.15) is 0 Å². The van der Waals surface area contributed by atoms with E-state index in [-0.39, 0.29) is 173 Å². The van der Waals surface area contributed by atoms with Gasteiger partial charge in [-0.15, -0.1) is 12.2 Å². The number of unbranched alkanes of at least 4 members (excludes halogenated alkanes) is 1. The molecule has 5 amide bonds. The molecular weight excluding hydrogens is 737 g/mol. The number of carbonyl (C=O) groups excluding carboxylic acids is 6. The zero-order valence-electron chi connectivity index (χ0n) is 28.5. The molecule has 46 heavy (non-hydrogen) atoms. The summed E-state index contributed by atoms with van der Waals surface area (Å²) in [7, 11) is 1.53. The van der Waals surface area contributed by atoms with Gasteiger partial charge in [0.25, 0.3) is 0 Å². The number of nitrogens with zero attached hydrogens (tertiary/aromatic N) is 2. The Morgan fingerprint density at radius 1 is 0.783 bits per heavy atom. The van der Waals surface area contributed by atoms with Crippen LogP contribution in [0.2, 0.25) is 0 Å². The first-order chi connectivity index (χ1) is 21.2. The third-order valence-corrected chi connectivity index (χ3v) is 6.77. The molecule has 1 rings (SSSR count). The molecule has 1 aromatic carbocycles. The second-order valence-electron chi connectivity index (χ2n) is 10.4. The normalized spacial score (nSPS) is 10.8. The number of nitrogens with one attached hydrogen (secondary N) is 3. The molecule has 0 aliphatic rings. The Labute approximate surface area is 371 Å². The topological polar surface area (TPSA) is 176 Å². The molecule has 0 radical (unpaired) electrons. The molecule has 0 heterocycles. The summed E-state index contributed by atoms with van der Waals surface area (Å²) in [5.74, 6) is -1.17. The summed E-state index contributed by atoms with van der Waals surface area (Å²) in [6.07, 6.45) is 5.91. The van der Waals surface area contributed by atoms with Gasteiger partial charge in [0.15, 0.2) is 0 Å². The first kappa shape index (κ1) is 47.9. The van der Waals surface area contributed by atoms with Gasteiger partial charge in [0.1, 0.15) is 5.78 Å². The predicted molar refractivity (Wildman–Crippen MR) is 168 cm³/mol. The van der Waals surface area contributed by atoms with Crippen molar-refractivity contribution in [1.82, 2.24) is 16.0 Å². The van der Waals surface area contributed by atoms with Crippen molar-refractivity contribution in [3.63, 3.8) is 0 Å². The number of ether oxygens (including phenoxy) is 1. The molecule has 0 fully saturated rings. The van der Waals surface area contributed by atoms with Crippen LogP contribution in [0.5, 0.6) is 0 Å². The van der Waals surface area contributed by atoms with E-state index in [1.807, 2.05) is 6.92 Å². The second-order valence-corrected chi connectivity index (χ2v) is 10.4. The second kappa shape index (κ2) is 30.8.